The summed E-state index contributed by atoms with van der Waals surface area (Å²) in [5.74, 6) is -0.465. The number of esters is 1. The van der Waals surface area contributed by atoms with Crippen LogP contribution in [0.25, 0.3) is 10.9 Å². The number of nitrogens with zero attached hydrogens (tertiary/aromatic N) is 2. The van der Waals surface area contributed by atoms with E-state index in [0.29, 0.717) is 5.52 Å². The standard InChI is InChI=1S/C14H16N2O5/c1-2-21-14(18)8-12(17)9-15-6-5-10-3-4-11(16(19)20)7-13(10)15/h3-7,12,17H,2,8-9H2,1H3. The summed E-state index contributed by atoms with van der Waals surface area (Å²) in [6, 6.07) is 6.34. The van der Waals surface area contributed by atoms with Gasteiger partial charge in [-0.25, -0.2) is 0 Å². The number of nitro benzene ring substituents is 1. The first kappa shape index (κ1) is 15.0. The molecular formula is C14H16N2O5. The molecule has 0 bridgehead atoms. The Labute approximate surface area is 120 Å². The number of hydrogen-bond donors (Lipinski definition) is 1. The molecule has 0 aliphatic carbocycles. The van der Waals surface area contributed by atoms with E-state index in [4.69, 9.17) is 4.74 Å². The third-order valence-electron chi connectivity index (χ3n) is 3.08. The van der Waals surface area contributed by atoms with E-state index in [1.807, 2.05) is 0 Å². The van der Waals surface area contributed by atoms with Gasteiger partial charge in [0.25, 0.3) is 5.69 Å². The van der Waals surface area contributed by atoms with E-state index in [-0.39, 0.29) is 25.3 Å². The fraction of sp³-hybridized carbons (Fsp3) is 0.357. The Morgan fingerprint density at radius 1 is 1.48 bits per heavy atom. The first-order valence-corrected chi connectivity index (χ1v) is 6.58. The average molecular weight is 292 g/mol. The lowest BCUT2D eigenvalue weighted by Crippen LogP contribution is -2.20. The van der Waals surface area contributed by atoms with Crippen LogP contribution < -0.4 is 0 Å². The highest BCUT2D eigenvalue weighted by molar-refractivity contribution is 5.82. The molecule has 0 aliphatic rings. The van der Waals surface area contributed by atoms with Gasteiger partial charge in [0.15, 0.2) is 0 Å². The third-order valence-corrected chi connectivity index (χ3v) is 3.08. The van der Waals surface area contributed by atoms with Gasteiger partial charge >= 0.3 is 5.97 Å². The van der Waals surface area contributed by atoms with Crippen LogP contribution in [0.1, 0.15) is 13.3 Å². The number of benzene rings is 1. The lowest BCUT2D eigenvalue weighted by Gasteiger charge is -2.12. The number of aliphatic hydroxyl groups excluding tert-OH is 1. The number of carbonyl (C=O) groups is 1. The average Bonchev–Trinajstić information content (AvgIpc) is 2.81. The molecule has 1 unspecified atom stereocenters. The van der Waals surface area contributed by atoms with Crippen LogP contribution in [0.3, 0.4) is 0 Å². The third kappa shape index (κ3) is 3.57. The maximum Gasteiger partial charge on any atom is 0.308 e. The minimum atomic E-state index is -0.904. The van der Waals surface area contributed by atoms with Crippen molar-refractivity contribution in [3.63, 3.8) is 0 Å². The molecule has 2 rings (SSSR count). The minimum absolute atomic E-state index is 0.0117. The molecule has 1 heterocycles. The fourth-order valence-electron chi connectivity index (χ4n) is 2.15. The first-order chi connectivity index (χ1) is 10.0. The van der Waals surface area contributed by atoms with Crippen LogP contribution in [-0.4, -0.2) is 33.3 Å². The number of aliphatic hydroxyl groups is 1. The molecule has 0 saturated carbocycles. The van der Waals surface area contributed by atoms with E-state index >= 15 is 0 Å². The number of hydrogen-bond acceptors (Lipinski definition) is 5. The Morgan fingerprint density at radius 2 is 2.24 bits per heavy atom. The zero-order valence-electron chi connectivity index (χ0n) is 11.6. The van der Waals surface area contributed by atoms with E-state index in [2.05, 4.69) is 0 Å². The molecule has 2 aromatic rings. The van der Waals surface area contributed by atoms with Crippen LogP contribution in [0.5, 0.6) is 0 Å². The van der Waals surface area contributed by atoms with Crippen molar-refractivity contribution in [3.05, 3.63) is 40.6 Å². The smallest absolute Gasteiger partial charge is 0.308 e. The lowest BCUT2D eigenvalue weighted by molar-refractivity contribution is -0.384. The quantitative estimate of drug-likeness (QED) is 0.498. The second-order valence-corrected chi connectivity index (χ2v) is 4.63. The van der Waals surface area contributed by atoms with Gasteiger partial charge in [0, 0.05) is 30.3 Å². The van der Waals surface area contributed by atoms with E-state index in [1.165, 1.54) is 12.1 Å². The van der Waals surface area contributed by atoms with Crippen LogP contribution in [-0.2, 0) is 16.1 Å². The molecule has 21 heavy (non-hydrogen) atoms. The fourth-order valence-corrected chi connectivity index (χ4v) is 2.15. The minimum Gasteiger partial charge on any atom is -0.466 e. The van der Waals surface area contributed by atoms with E-state index in [9.17, 15) is 20.0 Å². The molecule has 0 amide bonds. The molecule has 0 fully saturated rings. The maximum atomic E-state index is 11.3. The Kier molecular flexibility index (Phi) is 4.54. The Balaban J connectivity index is 2.16. The van der Waals surface area contributed by atoms with Crippen LogP contribution >= 0.6 is 0 Å². The Bertz CT molecular complexity index is 664. The summed E-state index contributed by atoms with van der Waals surface area (Å²) in [4.78, 5) is 21.6. The van der Waals surface area contributed by atoms with E-state index in [0.717, 1.165) is 5.39 Å². The zero-order chi connectivity index (χ0) is 15.4. The van der Waals surface area contributed by atoms with Crippen molar-refractivity contribution in [1.29, 1.82) is 0 Å². The van der Waals surface area contributed by atoms with Gasteiger partial charge in [-0.2, -0.15) is 0 Å². The van der Waals surface area contributed by atoms with Crippen molar-refractivity contribution in [2.24, 2.45) is 0 Å². The number of fused-ring (bicyclic) bond motifs is 1. The second-order valence-electron chi connectivity index (χ2n) is 4.63. The van der Waals surface area contributed by atoms with Crippen molar-refractivity contribution < 1.29 is 19.6 Å². The molecule has 0 aliphatic heterocycles. The molecule has 112 valence electrons. The summed E-state index contributed by atoms with van der Waals surface area (Å²) < 4.78 is 6.46. The van der Waals surface area contributed by atoms with Crippen LogP contribution in [0.2, 0.25) is 0 Å². The normalized spacial score (nSPS) is 12.3. The van der Waals surface area contributed by atoms with Gasteiger partial charge in [-0.15, -0.1) is 0 Å². The lowest BCUT2D eigenvalue weighted by atomic mass is 10.2. The second kappa shape index (κ2) is 6.36. The number of carbonyl (C=O) groups excluding carboxylic acids is 1. The molecule has 1 N–H and O–H groups in total. The topological polar surface area (TPSA) is 94.6 Å². The van der Waals surface area contributed by atoms with Crippen molar-refractivity contribution in [2.45, 2.75) is 26.0 Å². The highest BCUT2D eigenvalue weighted by Crippen LogP contribution is 2.22. The maximum absolute atomic E-state index is 11.3. The monoisotopic (exact) mass is 292 g/mol. The summed E-state index contributed by atoms with van der Waals surface area (Å²) >= 11 is 0. The summed E-state index contributed by atoms with van der Waals surface area (Å²) in [6.07, 6.45) is 0.712. The van der Waals surface area contributed by atoms with Crippen molar-refractivity contribution in [3.8, 4) is 0 Å². The van der Waals surface area contributed by atoms with Crippen LogP contribution in [0, 0.1) is 10.1 Å². The van der Waals surface area contributed by atoms with Gasteiger partial charge < -0.3 is 14.4 Å². The first-order valence-electron chi connectivity index (χ1n) is 6.58. The van der Waals surface area contributed by atoms with E-state index in [1.54, 1.807) is 29.8 Å². The predicted octanol–water partition coefficient (Wildman–Crippen LogP) is 1.86. The number of ether oxygens (including phenoxy) is 1. The van der Waals surface area contributed by atoms with Gasteiger partial charge in [0.05, 0.1) is 29.6 Å². The number of non-ortho nitro benzene ring substituents is 1. The van der Waals surface area contributed by atoms with Crippen LogP contribution in [0.4, 0.5) is 5.69 Å². The molecular weight excluding hydrogens is 276 g/mol. The van der Waals surface area contributed by atoms with Gasteiger partial charge in [-0.3, -0.25) is 14.9 Å². The molecule has 1 aromatic heterocycles. The molecule has 1 atom stereocenters. The van der Waals surface area contributed by atoms with Gasteiger partial charge in [-0.05, 0) is 19.1 Å². The Hall–Kier alpha value is -2.41. The van der Waals surface area contributed by atoms with Gasteiger partial charge in [0.1, 0.15) is 0 Å². The summed E-state index contributed by atoms with van der Waals surface area (Å²) in [7, 11) is 0. The van der Waals surface area contributed by atoms with Crippen molar-refractivity contribution >= 4 is 22.6 Å². The van der Waals surface area contributed by atoms with E-state index < -0.39 is 17.0 Å². The zero-order valence-corrected chi connectivity index (χ0v) is 11.6. The number of rotatable bonds is 6. The molecule has 1 aromatic carbocycles. The van der Waals surface area contributed by atoms with Gasteiger partial charge in [-0.1, -0.05) is 0 Å². The van der Waals surface area contributed by atoms with Crippen molar-refractivity contribution in [1.82, 2.24) is 4.57 Å². The summed E-state index contributed by atoms with van der Waals surface area (Å²) in [6.45, 7) is 2.14. The SMILES string of the molecule is CCOC(=O)CC(O)Cn1ccc2ccc([N+](=O)[O-])cc21. The molecule has 7 nitrogen and oxygen atoms in total. The predicted molar refractivity (Wildman–Crippen MR) is 75.8 cm³/mol. The highest BCUT2D eigenvalue weighted by Gasteiger charge is 2.15. The molecule has 0 saturated heterocycles. The summed E-state index contributed by atoms with van der Waals surface area (Å²) in [5.41, 5.74) is 0.634. The Morgan fingerprint density at radius 3 is 2.90 bits per heavy atom. The molecule has 0 spiro atoms. The van der Waals surface area contributed by atoms with Gasteiger partial charge in [0.2, 0.25) is 0 Å². The van der Waals surface area contributed by atoms with Crippen molar-refractivity contribution in [2.75, 3.05) is 6.61 Å². The highest BCUT2D eigenvalue weighted by atomic mass is 16.6. The largest absolute Gasteiger partial charge is 0.466 e. The van der Waals surface area contributed by atoms with Crippen LogP contribution in [0.15, 0.2) is 30.5 Å². The molecule has 0 radical (unpaired) electrons. The number of nitro groups is 1. The summed E-state index contributed by atoms with van der Waals surface area (Å²) in [5, 5.41) is 21.5. The number of aromatic nitrogens is 1. The molecule has 7 heteroatoms.